The minimum absolute atomic E-state index is 0.0509. The molecular formula is C15H24FNO3. The molecule has 0 aromatic heterocycles. The maximum atomic E-state index is 13.2. The number of ether oxygens (including phenoxy) is 2. The number of hydrogen-bond acceptors (Lipinski definition) is 4. The van der Waals surface area contributed by atoms with Crippen molar-refractivity contribution in [1.29, 1.82) is 0 Å². The summed E-state index contributed by atoms with van der Waals surface area (Å²) < 4.78 is 24.0. The van der Waals surface area contributed by atoms with Crippen LogP contribution in [0.25, 0.3) is 0 Å². The van der Waals surface area contributed by atoms with Gasteiger partial charge in [0.2, 0.25) is 0 Å². The van der Waals surface area contributed by atoms with Crippen molar-refractivity contribution in [3.8, 4) is 5.75 Å². The molecule has 3 N–H and O–H groups in total. The molecular weight excluding hydrogens is 261 g/mol. The van der Waals surface area contributed by atoms with Gasteiger partial charge >= 0.3 is 0 Å². The molecule has 0 saturated carbocycles. The first-order valence-corrected chi connectivity index (χ1v) is 6.98. The number of unbranched alkanes of at least 4 members (excludes halogenated alkanes) is 1. The third kappa shape index (κ3) is 5.86. The number of hydrogen-bond donors (Lipinski definition) is 2. The summed E-state index contributed by atoms with van der Waals surface area (Å²) in [6.07, 6.45) is 1.27. The van der Waals surface area contributed by atoms with Crippen molar-refractivity contribution in [1.82, 2.24) is 0 Å². The van der Waals surface area contributed by atoms with Crippen LogP contribution < -0.4 is 10.5 Å². The van der Waals surface area contributed by atoms with Gasteiger partial charge in [-0.3, -0.25) is 0 Å². The van der Waals surface area contributed by atoms with E-state index in [1.807, 2.05) is 0 Å². The van der Waals surface area contributed by atoms with Gasteiger partial charge in [-0.2, -0.15) is 0 Å². The van der Waals surface area contributed by atoms with Gasteiger partial charge in [0.1, 0.15) is 24.3 Å². The van der Waals surface area contributed by atoms with E-state index in [-0.39, 0.29) is 19.3 Å². The Balaban J connectivity index is 2.46. The summed E-state index contributed by atoms with van der Waals surface area (Å²) in [5, 5.41) is 9.73. The Bertz CT molecular complexity index is 399. The van der Waals surface area contributed by atoms with Gasteiger partial charge in [-0.1, -0.05) is 19.4 Å². The average Bonchev–Trinajstić information content (AvgIpc) is 2.41. The Hall–Kier alpha value is -1.17. The molecule has 0 aliphatic rings. The smallest absolute Gasteiger partial charge is 0.127 e. The number of nitrogens with two attached hydrogens (primary N) is 1. The van der Waals surface area contributed by atoms with Crippen LogP contribution in [0.15, 0.2) is 18.2 Å². The summed E-state index contributed by atoms with van der Waals surface area (Å²) in [7, 11) is 0. The average molecular weight is 285 g/mol. The fourth-order valence-electron chi connectivity index (χ4n) is 1.71. The Kier molecular flexibility index (Phi) is 7.51. The number of rotatable bonds is 9. The van der Waals surface area contributed by atoms with E-state index in [2.05, 4.69) is 6.92 Å². The number of aliphatic hydroxyl groups excluding tert-OH is 1. The van der Waals surface area contributed by atoms with E-state index in [4.69, 9.17) is 15.2 Å². The summed E-state index contributed by atoms with van der Waals surface area (Å²) in [5.74, 6) is -0.0225. The van der Waals surface area contributed by atoms with Gasteiger partial charge < -0.3 is 20.3 Å². The summed E-state index contributed by atoms with van der Waals surface area (Å²) in [4.78, 5) is 0. The first-order chi connectivity index (χ1) is 9.54. The normalized spacial score (nSPS) is 14.1. The molecule has 4 nitrogen and oxygen atoms in total. The molecule has 0 amide bonds. The van der Waals surface area contributed by atoms with E-state index in [0.717, 1.165) is 12.8 Å². The van der Waals surface area contributed by atoms with Gasteiger partial charge in [0.15, 0.2) is 0 Å². The van der Waals surface area contributed by atoms with E-state index < -0.39 is 11.9 Å². The lowest BCUT2D eigenvalue weighted by Gasteiger charge is -2.16. The maximum Gasteiger partial charge on any atom is 0.127 e. The Labute approximate surface area is 119 Å². The van der Waals surface area contributed by atoms with Crippen LogP contribution in [-0.2, 0) is 4.74 Å². The number of aliphatic hydroxyl groups is 1. The minimum Gasteiger partial charge on any atom is -0.490 e. The second-order valence-electron chi connectivity index (χ2n) is 4.86. The molecule has 0 aliphatic carbocycles. The highest BCUT2D eigenvalue weighted by atomic mass is 19.1. The Morgan fingerprint density at radius 2 is 2.10 bits per heavy atom. The van der Waals surface area contributed by atoms with Crippen LogP contribution >= 0.6 is 0 Å². The van der Waals surface area contributed by atoms with Gasteiger partial charge in [-0.15, -0.1) is 0 Å². The van der Waals surface area contributed by atoms with E-state index in [1.165, 1.54) is 12.1 Å². The largest absolute Gasteiger partial charge is 0.490 e. The Morgan fingerprint density at radius 3 is 2.75 bits per heavy atom. The van der Waals surface area contributed by atoms with Crippen LogP contribution in [0.1, 0.15) is 38.3 Å². The SMILES string of the molecule is CCCCOCC(O)COc1cc(F)ccc1[C@H](C)N. The molecule has 0 aliphatic heterocycles. The lowest BCUT2D eigenvalue weighted by Crippen LogP contribution is -2.24. The topological polar surface area (TPSA) is 64.7 Å². The van der Waals surface area contributed by atoms with Crippen LogP contribution in [0.4, 0.5) is 4.39 Å². The summed E-state index contributed by atoms with van der Waals surface area (Å²) in [5.41, 5.74) is 6.51. The lowest BCUT2D eigenvalue weighted by molar-refractivity contribution is 0.0110. The Morgan fingerprint density at radius 1 is 1.35 bits per heavy atom. The highest BCUT2D eigenvalue weighted by Crippen LogP contribution is 2.24. The van der Waals surface area contributed by atoms with Crippen molar-refractivity contribution in [3.63, 3.8) is 0 Å². The maximum absolute atomic E-state index is 13.2. The number of benzene rings is 1. The molecule has 0 spiro atoms. The third-order valence-electron chi connectivity index (χ3n) is 2.85. The molecule has 20 heavy (non-hydrogen) atoms. The fourth-order valence-corrected chi connectivity index (χ4v) is 1.71. The predicted molar refractivity (Wildman–Crippen MR) is 76.2 cm³/mol. The first-order valence-electron chi connectivity index (χ1n) is 6.98. The van der Waals surface area contributed by atoms with Crippen LogP contribution in [0.3, 0.4) is 0 Å². The van der Waals surface area contributed by atoms with Gasteiger partial charge in [0.05, 0.1) is 6.61 Å². The van der Waals surface area contributed by atoms with Crippen LogP contribution in [0, 0.1) is 5.82 Å². The van der Waals surface area contributed by atoms with Crippen molar-refractivity contribution in [2.75, 3.05) is 19.8 Å². The molecule has 1 rings (SSSR count). The zero-order chi connectivity index (χ0) is 15.0. The molecule has 0 radical (unpaired) electrons. The summed E-state index contributed by atoms with van der Waals surface area (Å²) in [6.45, 7) is 4.75. The standard InChI is InChI=1S/C15H24FNO3/c1-3-4-7-19-9-13(18)10-20-15-8-12(16)5-6-14(15)11(2)17/h5-6,8,11,13,18H,3-4,7,9-10,17H2,1-2H3/t11-,13?/m0/s1. The highest BCUT2D eigenvalue weighted by molar-refractivity contribution is 5.36. The molecule has 1 aromatic carbocycles. The van der Waals surface area contributed by atoms with E-state index in [0.29, 0.717) is 17.9 Å². The van der Waals surface area contributed by atoms with Crippen LogP contribution in [0.5, 0.6) is 5.75 Å². The van der Waals surface area contributed by atoms with Gasteiger partial charge in [0, 0.05) is 24.3 Å². The molecule has 1 unspecified atom stereocenters. The highest BCUT2D eigenvalue weighted by Gasteiger charge is 2.12. The lowest BCUT2D eigenvalue weighted by atomic mass is 10.1. The predicted octanol–water partition coefficient (Wildman–Crippen LogP) is 2.40. The molecule has 0 bridgehead atoms. The number of halogens is 1. The zero-order valence-electron chi connectivity index (χ0n) is 12.1. The molecule has 0 saturated heterocycles. The van der Waals surface area contributed by atoms with Crippen molar-refractivity contribution < 1.29 is 19.0 Å². The van der Waals surface area contributed by atoms with E-state index in [9.17, 15) is 9.50 Å². The molecule has 0 fully saturated rings. The first kappa shape index (κ1) is 16.9. The van der Waals surface area contributed by atoms with Gasteiger partial charge in [0.25, 0.3) is 0 Å². The zero-order valence-corrected chi connectivity index (χ0v) is 12.1. The molecule has 114 valence electrons. The summed E-state index contributed by atoms with van der Waals surface area (Å²) >= 11 is 0. The van der Waals surface area contributed by atoms with E-state index in [1.54, 1.807) is 13.0 Å². The minimum atomic E-state index is -0.740. The van der Waals surface area contributed by atoms with Crippen LogP contribution in [0.2, 0.25) is 0 Å². The molecule has 1 aromatic rings. The van der Waals surface area contributed by atoms with Crippen molar-refractivity contribution in [3.05, 3.63) is 29.6 Å². The van der Waals surface area contributed by atoms with E-state index >= 15 is 0 Å². The quantitative estimate of drug-likeness (QED) is 0.684. The second kappa shape index (κ2) is 8.89. The van der Waals surface area contributed by atoms with Crippen molar-refractivity contribution in [2.24, 2.45) is 5.73 Å². The van der Waals surface area contributed by atoms with Crippen LogP contribution in [-0.4, -0.2) is 31.0 Å². The molecule has 2 atom stereocenters. The molecule has 0 heterocycles. The summed E-state index contributed by atoms with van der Waals surface area (Å²) in [6, 6.07) is 3.96. The fraction of sp³-hybridized carbons (Fsp3) is 0.600. The van der Waals surface area contributed by atoms with Gasteiger partial charge in [-0.05, 0) is 19.4 Å². The monoisotopic (exact) mass is 285 g/mol. The van der Waals surface area contributed by atoms with Crippen molar-refractivity contribution >= 4 is 0 Å². The van der Waals surface area contributed by atoms with Gasteiger partial charge in [-0.25, -0.2) is 4.39 Å². The van der Waals surface area contributed by atoms with Crippen molar-refractivity contribution in [2.45, 2.75) is 38.8 Å². The third-order valence-corrected chi connectivity index (χ3v) is 2.85. The second-order valence-corrected chi connectivity index (χ2v) is 4.86. The molecule has 5 heteroatoms.